The number of aromatic nitrogens is 1. The Bertz CT molecular complexity index is 523. The lowest BCUT2D eigenvalue weighted by atomic mass is 9.89. The number of rotatable bonds is 4. The van der Waals surface area contributed by atoms with E-state index in [9.17, 15) is 4.79 Å². The van der Waals surface area contributed by atoms with Gasteiger partial charge in [0.2, 0.25) is 5.91 Å². The molecule has 4 nitrogen and oxygen atoms in total. The number of pyridine rings is 1. The Morgan fingerprint density at radius 1 is 1.25 bits per heavy atom. The van der Waals surface area contributed by atoms with Crippen molar-refractivity contribution in [1.82, 2.24) is 14.8 Å². The van der Waals surface area contributed by atoms with Crippen LogP contribution in [0.1, 0.15) is 45.1 Å². The average Bonchev–Trinajstić information content (AvgIpc) is 2.63. The molecule has 24 heavy (non-hydrogen) atoms. The molecule has 2 aliphatic rings. The lowest BCUT2D eigenvalue weighted by molar-refractivity contribution is -0.139. The van der Waals surface area contributed by atoms with Crippen LogP contribution in [0.2, 0.25) is 0 Å². The maximum atomic E-state index is 12.9. The number of nitrogens with zero attached hydrogens (tertiary/aromatic N) is 3. The Labute approximate surface area is 146 Å². The summed E-state index contributed by atoms with van der Waals surface area (Å²) in [5, 5.41) is 0. The highest BCUT2D eigenvalue weighted by molar-refractivity contribution is 5.79. The molecule has 0 bridgehead atoms. The molecule has 1 aromatic heterocycles. The molecular weight excluding hydrogens is 298 g/mol. The first-order valence-electron chi connectivity index (χ1n) is 9.55. The molecule has 0 spiro atoms. The van der Waals surface area contributed by atoms with Crippen molar-refractivity contribution in [2.45, 2.75) is 52.0 Å². The SMILES string of the molecule is CC(C)N1CCC[C@H](C(=O)N2CCC(Cc3cccnc3)CC2)C1. The standard InChI is InChI=1S/C20H31N3O/c1-16(2)23-10-4-6-19(15-23)20(24)22-11-7-17(8-12-22)13-18-5-3-9-21-14-18/h3,5,9,14,16-17,19H,4,6-8,10-13,15H2,1-2H3/t19-/m0/s1. The third-order valence-corrected chi connectivity index (χ3v) is 5.71. The molecule has 1 amide bonds. The van der Waals surface area contributed by atoms with Gasteiger partial charge < -0.3 is 9.80 Å². The molecule has 3 heterocycles. The predicted molar refractivity (Wildman–Crippen MR) is 96.7 cm³/mol. The second kappa shape index (κ2) is 8.11. The van der Waals surface area contributed by atoms with E-state index in [1.54, 1.807) is 0 Å². The summed E-state index contributed by atoms with van der Waals surface area (Å²) in [5.74, 6) is 1.31. The van der Waals surface area contributed by atoms with E-state index < -0.39 is 0 Å². The fourth-order valence-corrected chi connectivity index (χ4v) is 4.14. The van der Waals surface area contributed by atoms with Crippen LogP contribution in [-0.2, 0) is 11.2 Å². The second-order valence-corrected chi connectivity index (χ2v) is 7.76. The van der Waals surface area contributed by atoms with E-state index in [0.29, 0.717) is 17.9 Å². The highest BCUT2D eigenvalue weighted by Crippen LogP contribution is 2.25. The maximum Gasteiger partial charge on any atom is 0.226 e. The molecule has 0 N–H and O–H groups in total. The van der Waals surface area contributed by atoms with Crippen LogP contribution in [0.3, 0.4) is 0 Å². The van der Waals surface area contributed by atoms with Gasteiger partial charge in [0.1, 0.15) is 0 Å². The van der Waals surface area contributed by atoms with Crippen LogP contribution in [0.25, 0.3) is 0 Å². The van der Waals surface area contributed by atoms with Crippen LogP contribution in [0.4, 0.5) is 0 Å². The highest BCUT2D eigenvalue weighted by atomic mass is 16.2. The average molecular weight is 329 g/mol. The van der Waals surface area contributed by atoms with E-state index in [1.807, 2.05) is 18.5 Å². The molecule has 2 saturated heterocycles. The Kier molecular flexibility index (Phi) is 5.88. The number of likely N-dealkylation sites (tertiary alicyclic amines) is 2. The Morgan fingerprint density at radius 2 is 2.04 bits per heavy atom. The summed E-state index contributed by atoms with van der Waals surface area (Å²) in [4.78, 5) is 21.7. The first kappa shape index (κ1) is 17.4. The minimum absolute atomic E-state index is 0.219. The minimum Gasteiger partial charge on any atom is -0.342 e. The van der Waals surface area contributed by atoms with Gasteiger partial charge in [-0.05, 0) is 70.0 Å². The quantitative estimate of drug-likeness (QED) is 0.852. The zero-order valence-electron chi connectivity index (χ0n) is 15.2. The number of hydrogen-bond donors (Lipinski definition) is 0. The molecule has 0 unspecified atom stereocenters. The Balaban J connectivity index is 1.48. The molecule has 0 radical (unpaired) electrons. The van der Waals surface area contributed by atoms with Gasteiger partial charge in [-0.15, -0.1) is 0 Å². The lowest BCUT2D eigenvalue weighted by Gasteiger charge is -2.39. The van der Waals surface area contributed by atoms with E-state index in [2.05, 4.69) is 34.7 Å². The van der Waals surface area contributed by atoms with Crippen molar-refractivity contribution in [2.24, 2.45) is 11.8 Å². The fourth-order valence-electron chi connectivity index (χ4n) is 4.14. The number of carbonyl (C=O) groups is 1. The van der Waals surface area contributed by atoms with E-state index >= 15 is 0 Å². The number of piperidine rings is 2. The van der Waals surface area contributed by atoms with Gasteiger partial charge in [0, 0.05) is 38.1 Å². The minimum atomic E-state index is 0.219. The van der Waals surface area contributed by atoms with Gasteiger partial charge in [0.25, 0.3) is 0 Å². The van der Waals surface area contributed by atoms with Gasteiger partial charge in [-0.25, -0.2) is 0 Å². The normalized spacial score (nSPS) is 23.6. The van der Waals surface area contributed by atoms with Gasteiger partial charge in [0.05, 0.1) is 5.92 Å². The van der Waals surface area contributed by atoms with Gasteiger partial charge in [0.15, 0.2) is 0 Å². The molecule has 132 valence electrons. The number of hydrogen-bond acceptors (Lipinski definition) is 3. The largest absolute Gasteiger partial charge is 0.342 e. The highest BCUT2D eigenvalue weighted by Gasteiger charge is 2.32. The van der Waals surface area contributed by atoms with E-state index in [-0.39, 0.29) is 5.92 Å². The van der Waals surface area contributed by atoms with Gasteiger partial charge >= 0.3 is 0 Å². The molecule has 4 heteroatoms. The predicted octanol–water partition coefficient (Wildman–Crippen LogP) is 2.98. The summed E-state index contributed by atoms with van der Waals surface area (Å²) in [6, 6.07) is 4.72. The first-order valence-corrected chi connectivity index (χ1v) is 9.55. The zero-order chi connectivity index (χ0) is 16.9. The second-order valence-electron chi connectivity index (χ2n) is 7.76. The molecule has 0 saturated carbocycles. The van der Waals surface area contributed by atoms with Crippen LogP contribution in [0.5, 0.6) is 0 Å². The summed E-state index contributed by atoms with van der Waals surface area (Å²) in [6.45, 7) is 8.43. The summed E-state index contributed by atoms with van der Waals surface area (Å²) >= 11 is 0. The molecule has 1 aromatic rings. The molecule has 0 aliphatic carbocycles. The number of carbonyl (C=O) groups excluding carboxylic acids is 1. The molecule has 0 aromatic carbocycles. The molecular formula is C20H31N3O. The van der Waals surface area contributed by atoms with Gasteiger partial charge in [-0.3, -0.25) is 9.78 Å². The Morgan fingerprint density at radius 3 is 2.71 bits per heavy atom. The van der Waals surface area contributed by atoms with Crippen molar-refractivity contribution in [2.75, 3.05) is 26.2 Å². The van der Waals surface area contributed by atoms with Crippen LogP contribution in [0, 0.1) is 11.8 Å². The van der Waals surface area contributed by atoms with Crippen molar-refractivity contribution >= 4 is 5.91 Å². The van der Waals surface area contributed by atoms with Crippen molar-refractivity contribution in [3.05, 3.63) is 30.1 Å². The Hall–Kier alpha value is -1.42. The third kappa shape index (κ3) is 4.35. The molecule has 1 atom stereocenters. The zero-order valence-corrected chi connectivity index (χ0v) is 15.2. The summed E-state index contributed by atoms with van der Waals surface area (Å²) in [5.41, 5.74) is 1.32. The third-order valence-electron chi connectivity index (χ3n) is 5.71. The fraction of sp³-hybridized carbons (Fsp3) is 0.700. The van der Waals surface area contributed by atoms with Crippen LogP contribution < -0.4 is 0 Å². The van der Waals surface area contributed by atoms with E-state index in [0.717, 1.165) is 58.3 Å². The van der Waals surface area contributed by atoms with Crippen molar-refractivity contribution in [3.63, 3.8) is 0 Å². The molecule has 2 aliphatic heterocycles. The monoisotopic (exact) mass is 329 g/mol. The van der Waals surface area contributed by atoms with Gasteiger partial charge in [-0.1, -0.05) is 6.07 Å². The van der Waals surface area contributed by atoms with Crippen LogP contribution >= 0.6 is 0 Å². The molecule has 2 fully saturated rings. The van der Waals surface area contributed by atoms with E-state index in [4.69, 9.17) is 0 Å². The summed E-state index contributed by atoms with van der Waals surface area (Å²) < 4.78 is 0. The maximum absolute atomic E-state index is 12.9. The first-order chi connectivity index (χ1) is 11.6. The van der Waals surface area contributed by atoms with E-state index in [1.165, 1.54) is 5.56 Å². The molecule has 3 rings (SSSR count). The van der Waals surface area contributed by atoms with Crippen molar-refractivity contribution in [3.8, 4) is 0 Å². The summed E-state index contributed by atoms with van der Waals surface area (Å²) in [6.07, 6.45) is 9.38. The van der Waals surface area contributed by atoms with Crippen molar-refractivity contribution in [1.29, 1.82) is 0 Å². The van der Waals surface area contributed by atoms with Crippen molar-refractivity contribution < 1.29 is 4.79 Å². The van der Waals surface area contributed by atoms with Gasteiger partial charge in [-0.2, -0.15) is 0 Å². The van der Waals surface area contributed by atoms with Crippen LogP contribution in [0.15, 0.2) is 24.5 Å². The topological polar surface area (TPSA) is 36.4 Å². The lowest BCUT2D eigenvalue weighted by Crippen LogP contribution is -2.48. The number of amides is 1. The summed E-state index contributed by atoms with van der Waals surface area (Å²) in [7, 11) is 0. The smallest absolute Gasteiger partial charge is 0.226 e. The van der Waals surface area contributed by atoms with Crippen LogP contribution in [-0.4, -0.2) is 52.9 Å².